The number of carbonyl (C=O) groups is 1. The van der Waals surface area contributed by atoms with E-state index in [4.69, 9.17) is 11.6 Å². The first-order valence-electron chi connectivity index (χ1n) is 11.5. The fourth-order valence-electron chi connectivity index (χ4n) is 4.48. The zero-order valence-electron chi connectivity index (χ0n) is 19.6. The second kappa shape index (κ2) is 9.79. The minimum atomic E-state index is -3.76. The molecule has 5 rings (SSSR count). The fraction of sp³-hybridized carbons (Fsp3) is 0.240. The first-order valence-corrected chi connectivity index (χ1v) is 13.3. The van der Waals surface area contributed by atoms with Crippen molar-refractivity contribution in [2.75, 3.05) is 29.3 Å². The van der Waals surface area contributed by atoms with Gasteiger partial charge in [0.25, 0.3) is 10.0 Å². The van der Waals surface area contributed by atoms with Crippen LogP contribution in [0.2, 0.25) is 5.02 Å². The second-order valence-corrected chi connectivity index (χ2v) is 10.8. The molecule has 0 spiro atoms. The molecule has 4 aromatic rings. The second-order valence-electron chi connectivity index (χ2n) is 8.72. The van der Waals surface area contributed by atoms with Crippen LogP contribution in [0.1, 0.15) is 9.78 Å². The Morgan fingerprint density at radius 3 is 2.67 bits per heavy atom. The molecule has 1 aliphatic heterocycles. The van der Waals surface area contributed by atoms with Crippen molar-refractivity contribution in [3.8, 4) is 0 Å². The van der Waals surface area contributed by atoms with Gasteiger partial charge in [0.2, 0.25) is 5.91 Å². The molecule has 0 bridgehead atoms. The van der Waals surface area contributed by atoms with Crippen LogP contribution in [0.4, 0.5) is 11.5 Å². The van der Waals surface area contributed by atoms with Gasteiger partial charge in [-0.2, -0.15) is 0 Å². The molecule has 190 valence electrons. The highest BCUT2D eigenvalue weighted by atomic mass is 35.5. The van der Waals surface area contributed by atoms with E-state index in [1.807, 2.05) is 46.9 Å². The van der Waals surface area contributed by atoms with Crippen molar-refractivity contribution in [3.05, 3.63) is 78.3 Å². The number of amides is 1. The number of hydrogen-bond donors (Lipinski definition) is 1. The predicted octanol–water partition coefficient (Wildman–Crippen LogP) is 4.11. The lowest BCUT2D eigenvalue weighted by Crippen LogP contribution is -2.54. The number of hydrogen-bond acceptors (Lipinski definition) is 6. The van der Waals surface area contributed by atoms with Gasteiger partial charge in [-0.05, 0) is 60.8 Å². The Labute approximate surface area is 217 Å². The standard InChI is InChI=1S/C25H25ClN6O3S.2H2/c1-18-15-30(21-4-6-22(7-5-21)36(34,35)29-24-8-10-27-17-28-24)12-13-32(18)25(33)16-31-11-9-19-2-3-20(26)14-23(19)31;;/h2-11,14,17-18H,12-13,15-16H2,1H3,(H,27,28,29);2*1H/t18-;;/m0../s1. The first-order chi connectivity index (χ1) is 17.3. The number of sulfonamides is 1. The molecule has 0 saturated carbocycles. The minimum Gasteiger partial charge on any atom is -0.368 e. The maximum atomic E-state index is 13.1. The summed E-state index contributed by atoms with van der Waals surface area (Å²) in [6.07, 6.45) is 4.66. The van der Waals surface area contributed by atoms with E-state index in [-0.39, 0.29) is 32.1 Å². The van der Waals surface area contributed by atoms with E-state index in [0.29, 0.717) is 24.7 Å². The average Bonchev–Trinajstić information content (AvgIpc) is 3.26. The predicted molar refractivity (Wildman–Crippen MR) is 144 cm³/mol. The Hall–Kier alpha value is -3.63. The zero-order valence-corrected chi connectivity index (χ0v) is 21.2. The lowest BCUT2D eigenvalue weighted by Gasteiger charge is -2.41. The lowest BCUT2D eigenvalue weighted by molar-refractivity contribution is -0.134. The van der Waals surface area contributed by atoms with Gasteiger partial charge in [0, 0.05) is 57.1 Å². The van der Waals surface area contributed by atoms with Crippen LogP contribution in [-0.2, 0) is 21.4 Å². The van der Waals surface area contributed by atoms with Crippen LogP contribution in [0.25, 0.3) is 10.9 Å². The van der Waals surface area contributed by atoms with E-state index in [1.54, 1.807) is 24.3 Å². The van der Waals surface area contributed by atoms with E-state index in [2.05, 4.69) is 19.6 Å². The van der Waals surface area contributed by atoms with Crippen LogP contribution in [0.3, 0.4) is 0 Å². The van der Waals surface area contributed by atoms with Crippen molar-refractivity contribution in [2.45, 2.75) is 24.4 Å². The van der Waals surface area contributed by atoms with Gasteiger partial charge < -0.3 is 14.4 Å². The van der Waals surface area contributed by atoms with Crippen LogP contribution in [0.5, 0.6) is 0 Å². The number of aromatic nitrogens is 3. The third-order valence-corrected chi connectivity index (χ3v) is 7.93. The molecule has 1 atom stereocenters. The topological polar surface area (TPSA) is 100 Å². The Morgan fingerprint density at radius 2 is 1.94 bits per heavy atom. The summed E-state index contributed by atoms with van der Waals surface area (Å²) in [4.78, 5) is 25.0. The van der Waals surface area contributed by atoms with Gasteiger partial charge in [0.1, 0.15) is 18.7 Å². The van der Waals surface area contributed by atoms with Crippen molar-refractivity contribution in [1.82, 2.24) is 19.4 Å². The van der Waals surface area contributed by atoms with Crippen LogP contribution in [-0.4, -0.2) is 59.4 Å². The SMILES string of the molecule is C[C@H]1CN(c2ccc(S(=O)(=O)Nc3ccncn3)cc2)CCN1C(=O)Cn1ccc2ccc(Cl)cc21.[HH].[HH]. The third-order valence-electron chi connectivity index (χ3n) is 6.32. The number of anilines is 2. The molecule has 0 unspecified atom stereocenters. The van der Waals surface area contributed by atoms with E-state index in [1.165, 1.54) is 18.6 Å². The Kier molecular flexibility index (Phi) is 6.55. The van der Waals surface area contributed by atoms with Crippen molar-refractivity contribution < 1.29 is 16.1 Å². The number of nitrogens with zero attached hydrogens (tertiary/aromatic N) is 5. The fourth-order valence-corrected chi connectivity index (χ4v) is 5.65. The summed E-state index contributed by atoms with van der Waals surface area (Å²) in [6, 6.07) is 15.8. The van der Waals surface area contributed by atoms with E-state index >= 15 is 0 Å². The molecule has 1 saturated heterocycles. The summed E-state index contributed by atoms with van der Waals surface area (Å²) < 4.78 is 29.7. The molecule has 1 amide bonds. The average molecular weight is 529 g/mol. The normalized spacial score (nSPS) is 16.3. The Balaban J connectivity index is 0.00000200. The number of fused-ring (bicyclic) bond motifs is 1. The molecule has 2 aromatic carbocycles. The van der Waals surface area contributed by atoms with E-state index in [9.17, 15) is 13.2 Å². The number of rotatable bonds is 6. The van der Waals surface area contributed by atoms with Crippen molar-refractivity contribution in [2.24, 2.45) is 0 Å². The van der Waals surface area contributed by atoms with Gasteiger partial charge >= 0.3 is 0 Å². The zero-order chi connectivity index (χ0) is 25.3. The van der Waals surface area contributed by atoms with Gasteiger partial charge in [0.05, 0.1) is 4.90 Å². The highest BCUT2D eigenvalue weighted by Crippen LogP contribution is 2.24. The number of piperazine rings is 1. The molecule has 1 aliphatic rings. The Bertz CT molecular complexity index is 1500. The molecule has 1 N–H and O–H groups in total. The number of carbonyl (C=O) groups excluding carboxylic acids is 1. The first kappa shape index (κ1) is 24.1. The number of nitrogens with one attached hydrogen (secondary N) is 1. The van der Waals surface area contributed by atoms with Gasteiger partial charge in [0.15, 0.2) is 0 Å². The third kappa shape index (κ3) is 5.00. The molecule has 9 nitrogen and oxygen atoms in total. The van der Waals surface area contributed by atoms with Crippen molar-refractivity contribution in [1.29, 1.82) is 0 Å². The molecule has 11 heteroatoms. The van der Waals surface area contributed by atoms with E-state index < -0.39 is 10.0 Å². The quantitative estimate of drug-likeness (QED) is 0.404. The summed E-state index contributed by atoms with van der Waals surface area (Å²) in [6.45, 7) is 4.16. The van der Waals surface area contributed by atoms with Gasteiger partial charge in [-0.3, -0.25) is 9.52 Å². The molecule has 2 aromatic heterocycles. The molecule has 1 fully saturated rings. The molecule has 0 radical (unpaired) electrons. The number of halogens is 1. The van der Waals surface area contributed by atoms with Gasteiger partial charge in [-0.1, -0.05) is 17.7 Å². The maximum absolute atomic E-state index is 13.1. The molecular formula is C25H29ClN6O3S. The summed E-state index contributed by atoms with van der Waals surface area (Å²) in [7, 11) is -3.76. The largest absolute Gasteiger partial charge is 0.368 e. The summed E-state index contributed by atoms with van der Waals surface area (Å²) in [5.74, 6) is 0.261. The minimum absolute atomic E-state index is 0. The van der Waals surface area contributed by atoms with Crippen LogP contribution < -0.4 is 9.62 Å². The monoisotopic (exact) mass is 528 g/mol. The number of benzene rings is 2. The molecule has 3 heterocycles. The molecule has 0 aliphatic carbocycles. The summed E-state index contributed by atoms with van der Waals surface area (Å²) in [5, 5.41) is 1.68. The van der Waals surface area contributed by atoms with Gasteiger partial charge in [-0.15, -0.1) is 0 Å². The highest BCUT2D eigenvalue weighted by molar-refractivity contribution is 7.92. The van der Waals surface area contributed by atoms with E-state index in [0.717, 1.165) is 16.6 Å². The summed E-state index contributed by atoms with van der Waals surface area (Å²) in [5.41, 5.74) is 1.84. The smallest absolute Gasteiger partial charge is 0.263 e. The molecule has 36 heavy (non-hydrogen) atoms. The lowest BCUT2D eigenvalue weighted by atomic mass is 10.1. The van der Waals surface area contributed by atoms with Gasteiger partial charge in [-0.25, -0.2) is 18.4 Å². The van der Waals surface area contributed by atoms with Crippen molar-refractivity contribution in [3.63, 3.8) is 0 Å². The van der Waals surface area contributed by atoms with Crippen LogP contribution >= 0.6 is 11.6 Å². The molecular weight excluding hydrogens is 500 g/mol. The highest BCUT2D eigenvalue weighted by Gasteiger charge is 2.28. The van der Waals surface area contributed by atoms with Crippen LogP contribution in [0.15, 0.2) is 78.2 Å². The van der Waals surface area contributed by atoms with Crippen LogP contribution in [0, 0.1) is 0 Å². The Morgan fingerprint density at radius 1 is 1.14 bits per heavy atom. The summed E-state index contributed by atoms with van der Waals surface area (Å²) >= 11 is 6.15. The van der Waals surface area contributed by atoms with Crippen molar-refractivity contribution >= 4 is 49.9 Å². The maximum Gasteiger partial charge on any atom is 0.263 e.